The number of halogens is 2. The van der Waals surface area contributed by atoms with Gasteiger partial charge in [0, 0.05) is 11.4 Å². The summed E-state index contributed by atoms with van der Waals surface area (Å²) in [5.74, 6) is -2.08. The van der Waals surface area contributed by atoms with E-state index in [1.54, 1.807) is 6.07 Å². The molecule has 0 aliphatic heterocycles. The molecule has 1 aromatic rings. The van der Waals surface area contributed by atoms with Crippen molar-refractivity contribution in [3.63, 3.8) is 0 Å². The van der Waals surface area contributed by atoms with Gasteiger partial charge in [0.15, 0.2) is 0 Å². The number of carbonyl (C=O) groups excluding carboxylic acids is 2. The van der Waals surface area contributed by atoms with Gasteiger partial charge in [-0.3, -0.25) is 14.4 Å². The molecule has 0 radical (unpaired) electrons. The van der Waals surface area contributed by atoms with E-state index in [1.165, 1.54) is 12.1 Å². The standard InChI is InChI=1S/C12H12Cl2N2O4/c13-7-1-2-8(14)9(5-7)16-11(18)6-15-10(17)3-4-12(19)20/h1-2,5H,3-4,6H2,(H,15,17)(H,16,18)(H,19,20). The van der Waals surface area contributed by atoms with Crippen LogP contribution in [0, 0.1) is 0 Å². The van der Waals surface area contributed by atoms with Crippen molar-refractivity contribution in [3.05, 3.63) is 28.2 Å². The first-order chi connectivity index (χ1) is 9.38. The van der Waals surface area contributed by atoms with Gasteiger partial charge in [-0.25, -0.2) is 0 Å². The highest BCUT2D eigenvalue weighted by Crippen LogP contribution is 2.25. The zero-order chi connectivity index (χ0) is 15.1. The van der Waals surface area contributed by atoms with Gasteiger partial charge in [-0.15, -0.1) is 0 Å². The monoisotopic (exact) mass is 318 g/mol. The lowest BCUT2D eigenvalue weighted by Gasteiger charge is -2.08. The molecule has 0 bridgehead atoms. The van der Waals surface area contributed by atoms with Crippen molar-refractivity contribution in [2.75, 3.05) is 11.9 Å². The van der Waals surface area contributed by atoms with Crippen LogP contribution in [0.2, 0.25) is 10.0 Å². The SMILES string of the molecule is O=C(O)CCC(=O)NCC(=O)Nc1cc(Cl)ccc1Cl. The molecule has 0 heterocycles. The number of rotatable bonds is 6. The van der Waals surface area contributed by atoms with Gasteiger partial charge in [0.05, 0.1) is 23.7 Å². The largest absolute Gasteiger partial charge is 0.481 e. The van der Waals surface area contributed by atoms with E-state index in [2.05, 4.69) is 10.6 Å². The number of carbonyl (C=O) groups is 3. The van der Waals surface area contributed by atoms with Crippen LogP contribution in [-0.4, -0.2) is 29.4 Å². The Hall–Kier alpha value is -1.79. The Morgan fingerprint density at radius 2 is 1.80 bits per heavy atom. The minimum absolute atomic E-state index is 0.180. The lowest BCUT2D eigenvalue weighted by atomic mass is 10.3. The summed E-state index contributed by atoms with van der Waals surface area (Å²) in [5, 5.41) is 13.9. The van der Waals surface area contributed by atoms with E-state index >= 15 is 0 Å². The fourth-order valence-corrected chi connectivity index (χ4v) is 1.61. The molecule has 0 unspecified atom stereocenters. The van der Waals surface area contributed by atoms with Crippen molar-refractivity contribution in [1.82, 2.24) is 5.32 Å². The lowest BCUT2D eigenvalue weighted by molar-refractivity contribution is -0.138. The fraction of sp³-hybridized carbons (Fsp3) is 0.250. The molecule has 0 atom stereocenters. The van der Waals surface area contributed by atoms with Crippen LogP contribution in [-0.2, 0) is 14.4 Å². The first-order valence-corrected chi connectivity index (χ1v) is 6.37. The third-order valence-corrected chi connectivity index (χ3v) is 2.78. The van der Waals surface area contributed by atoms with Crippen LogP contribution in [0.15, 0.2) is 18.2 Å². The highest BCUT2D eigenvalue weighted by atomic mass is 35.5. The highest BCUT2D eigenvalue weighted by molar-refractivity contribution is 6.35. The van der Waals surface area contributed by atoms with E-state index in [1.807, 2.05) is 0 Å². The summed E-state index contributed by atoms with van der Waals surface area (Å²) in [6.45, 7) is -0.276. The zero-order valence-electron chi connectivity index (χ0n) is 10.3. The number of hydrogen-bond donors (Lipinski definition) is 3. The van der Waals surface area contributed by atoms with Crippen molar-refractivity contribution in [2.24, 2.45) is 0 Å². The Morgan fingerprint density at radius 3 is 2.45 bits per heavy atom. The van der Waals surface area contributed by atoms with Gasteiger partial charge >= 0.3 is 5.97 Å². The van der Waals surface area contributed by atoms with E-state index < -0.39 is 17.8 Å². The van der Waals surface area contributed by atoms with E-state index in [-0.39, 0.29) is 19.4 Å². The smallest absolute Gasteiger partial charge is 0.303 e. The Morgan fingerprint density at radius 1 is 1.10 bits per heavy atom. The second kappa shape index (κ2) is 7.72. The van der Waals surface area contributed by atoms with Crippen molar-refractivity contribution < 1.29 is 19.5 Å². The van der Waals surface area contributed by atoms with Crippen LogP contribution in [0.25, 0.3) is 0 Å². The Labute approximate surface area is 125 Å². The number of aliphatic carboxylic acids is 1. The average Bonchev–Trinajstić information content (AvgIpc) is 2.38. The maximum Gasteiger partial charge on any atom is 0.303 e. The molecule has 108 valence electrons. The summed E-state index contributed by atoms with van der Waals surface area (Å²) in [4.78, 5) is 33.1. The Balaban J connectivity index is 2.42. The highest BCUT2D eigenvalue weighted by Gasteiger charge is 2.09. The van der Waals surface area contributed by atoms with Crippen LogP contribution >= 0.6 is 23.2 Å². The van der Waals surface area contributed by atoms with Crippen molar-refractivity contribution in [3.8, 4) is 0 Å². The number of carboxylic acids is 1. The van der Waals surface area contributed by atoms with Gasteiger partial charge < -0.3 is 15.7 Å². The number of nitrogens with one attached hydrogen (secondary N) is 2. The van der Waals surface area contributed by atoms with Gasteiger partial charge in [0.2, 0.25) is 11.8 Å². The van der Waals surface area contributed by atoms with Gasteiger partial charge in [-0.1, -0.05) is 23.2 Å². The number of carboxylic acid groups (broad SMARTS) is 1. The molecule has 1 aromatic carbocycles. The molecule has 0 aliphatic carbocycles. The molecule has 0 aromatic heterocycles. The topological polar surface area (TPSA) is 95.5 Å². The van der Waals surface area contributed by atoms with Crippen molar-refractivity contribution >= 4 is 46.7 Å². The maximum absolute atomic E-state index is 11.6. The second-order valence-electron chi connectivity index (χ2n) is 3.84. The first kappa shape index (κ1) is 16.3. The molecule has 6 nitrogen and oxygen atoms in total. The van der Waals surface area contributed by atoms with Crippen LogP contribution in [0.3, 0.4) is 0 Å². The van der Waals surface area contributed by atoms with Crippen LogP contribution < -0.4 is 10.6 Å². The molecule has 20 heavy (non-hydrogen) atoms. The molecule has 1 rings (SSSR count). The molecule has 8 heteroatoms. The normalized spacial score (nSPS) is 9.90. The van der Waals surface area contributed by atoms with Gasteiger partial charge in [-0.05, 0) is 18.2 Å². The summed E-state index contributed by atoms with van der Waals surface area (Å²) < 4.78 is 0. The van der Waals surface area contributed by atoms with E-state index in [0.717, 1.165) is 0 Å². The van der Waals surface area contributed by atoms with E-state index in [0.29, 0.717) is 15.7 Å². The molecule has 2 amide bonds. The molecule has 0 spiro atoms. The minimum Gasteiger partial charge on any atom is -0.481 e. The summed E-state index contributed by atoms with van der Waals surface area (Å²) in [6, 6.07) is 4.59. The number of hydrogen-bond acceptors (Lipinski definition) is 3. The predicted octanol–water partition coefficient (Wildman–Crippen LogP) is 1.91. The molecule has 3 N–H and O–H groups in total. The third kappa shape index (κ3) is 5.90. The summed E-state index contributed by atoms with van der Waals surface area (Å²) in [6.07, 6.45) is -0.464. The number of anilines is 1. The van der Waals surface area contributed by atoms with Crippen LogP contribution in [0.1, 0.15) is 12.8 Å². The first-order valence-electron chi connectivity index (χ1n) is 5.62. The lowest BCUT2D eigenvalue weighted by Crippen LogP contribution is -2.33. The van der Waals surface area contributed by atoms with Gasteiger partial charge in [0.1, 0.15) is 0 Å². The van der Waals surface area contributed by atoms with E-state index in [4.69, 9.17) is 28.3 Å². The van der Waals surface area contributed by atoms with Crippen molar-refractivity contribution in [1.29, 1.82) is 0 Å². The van der Waals surface area contributed by atoms with Crippen LogP contribution in [0.4, 0.5) is 5.69 Å². The van der Waals surface area contributed by atoms with Crippen molar-refractivity contribution in [2.45, 2.75) is 12.8 Å². The Bertz CT molecular complexity index is 534. The number of amides is 2. The zero-order valence-corrected chi connectivity index (χ0v) is 11.8. The predicted molar refractivity (Wildman–Crippen MR) is 75.0 cm³/mol. The molecule has 0 saturated heterocycles. The summed E-state index contributed by atoms with van der Waals surface area (Å²) in [5.41, 5.74) is 0.337. The summed E-state index contributed by atoms with van der Waals surface area (Å²) >= 11 is 11.6. The number of benzene rings is 1. The molecule has 0 aliphatic rings. The molecule has 0 fully saturated rings. The maximum atomic E-state index is 11.6. The van der Waals surface area contributed by atoms with E-state index in [9.17, 15) is 14.4 Å². The molecular formula is C12H12Cl2N2O4. The minimum atomic E-state index is -1.07. The average molecular weight is 319 g/mol. The van der Waals surface area contributed by atoms with Gasteiger partial charge in [-0.2, -0.15) is 0 Å². The van der Waals surface area contributed by atoms with Gasteiger partial charge in [0.25, 0.3) is 0 Å². The fourth-order valence-electron chi connectivity index (χ4n) is 1.28. The third-order valence-electron chi connectivity index (χ3n) is 2.21. The quantitative estimate of drug-likeness (QED) is 0.746. The summed E-state index contributed by atoms with van der Waals surface area (Å²) in [7, 11) is 0. The second-order valence-corrected chi connectivity index (χ2v) is 4.69. The van der Waals surface area contributed by atoms with Crippen LogP contribution in [0.5, 0.6) is 0 Å². The molecule has 0 saturated carbocycles. The molecular weight excluding hydrogens is 307 g/mol. The Kier molecular flexibility index (Phi) is 6.27.